The summed E-state index contributed by atoms with van der Waals surface area (Å²) in [4.78, 5) is 25.3. The fraction of sp³-hybridized carbons (Fsp3) is 0.360. The van der Waals surface area contributed by atoms with Gasteiger partial charge in [0.25, 0.3) is 5.91 Å². The summed E-state index contributed by atoms with van der Waals surface area (Å²) in [7, 11) is 1.81. The molecule has 1 aliphatic carbocycles. The number of carboxylic acids is 1. The van der Waals surface area contributed by atoms with E-state index in [0.717, 1.165) is 34.9 Å². The fourth-order valence-electron chi connectivity index (χ4n) is 5.18. The van der Waals surface area contributed by atoms with E-state index < -0.39 is 16.9 Å². The van der Waals surface area contributed by atoms with E-state index >= 15 is 0 Å². The van der Waals surface area contributed by atoms with Crippen LogP contribution < -0.4 is 5.32 Å². The Kier molecular flexibility index (Phi) is 5.43. The lowest BCUT2D eigenvalue weighted by molar-refractivity contribution is -0.143. The predicted molar refractivity (Wildman–Crippen MR) is 127 cm³/mol. The van der Waals surface area contributed by atoms with Crippen molar-refractivity contribution in [2.45, 2.75) is 36.6 Å². The predicted octanol–water partition coefficient (Wildman–Crippen LogP) is 5.04. The van der Waals surface area contributed by atoms with Gasteiger partial charge in [-0.05, 0) is 42.2 Å². The number of nitrogens with zero attached hydrogens (tertiary/aromatic N) is 1. The maximum absolute atomic E-state index is 13.3. The van der Waals surface area contributed by atoms with Gasteiger partial charge in [-0.25, -0.2) is 0 Å². The Morgan fingerprint density at radius 3 is 2.24 bits per heavy atom. The first-order chi connectivity index (χ1) is 15.8. The summed E-state index contributed by atoms with van der Waals surface area (Å²) in [5, 5.41) is 14.6. The van der Waals surface area contributed by atoms with Gasteiger partial charge in [-0.1, -0.05) is 60.3 Å². The molecule has 5 rings (SSSR count). The van der Waals surface area contributed by atoms with Crippen LogP contribution in [0, 0.1) is 0 Å². The molecule has 2 aliphatic rings. The van der Waals surface area contributed by atoms with Crippen molar-refractivity contribution in [1.82, 2.24) is 9.88 Å². The van der Waals surface area contributed by atoms with E-state index in [4.69, 9.17) is 27.9 Å². The first kappa shape index (κ1) is 22.3. The number of benzene rings is 2. The molecule has 3 aromatic rings. The minimum absolute atomic E-state index is 0.244. The van der Waals surface area contributed by atoms with Gasteiger partial charge in [0.2, 0.25) is 0 Å². The van der Waals surface area contributed by atoms with Crippen LogP contribution in [0.1, 0.15) is 47.3 Å². The number of aliphatic carboxylic acids is 1. The molecule has 1 amide bonds. The fourth-order valence-corrected chi connectivity index (χ4v) is 5.56. The first-order valence-corrected chi connectivity index (χ1v) is 11.7. The maximum atomic E-state index is 13.3. The topological polar surface area (TPSA) is 80.6 Å². The van der Waals surface area contributed by atoms with Gasteiger partial charge in [-0.3, -0.25) is 9.59 Å². The van der Waals surface area contributed by atoms with E-state index in [0.29, 0.717) is 41.8 Å². The van der Waals surface area contributed by atoms with Crippen molar-refractivity contribution in [1.29, 1.82) is 0 Å². The summed E-state index contributed by atoms with van der Waals surface area (Å²) in [6.45, 7) is 0.692. The summed E-state index contributed by atoms with van der Waals surface area (Å²) >= 11 is 12.5. The Morgan fingerprint density at radius 1 is 1.03 bits per heavy atom. The van der Waals surface area contributed by atoms with Gasteiger partial charge in [0.05, 0.1) is 28.7 Å². The van der Waals surface area contributed by atoms with Crippen molar-refractivity contribution in [3.05, 3.63) is 69.3 Å². The van der Waals surface area contributed by atoms with E-state index in [1.54, 1.807) is 16.7 Å². The Labute approximate surface area is 201 Å². The van der Waals surface area contributed by atoms with Crippen molar-refractivity contribution >= 4 is 46.0 Å². The molecule has 0 bridgehead atoms. The van der Waals surface area contributed by atoms with Gasteiger partial charge in [-0.15, -0.1) is 0 Å². The number of hydrogen-bond donors (Lipinski definition) is 2. The maximum Gasteiger partial charge on any atom is 0.314 e. The Hall–Kier alpha value is -2.54. The van der Waals surface area contributed by atoms with Gasteiger partial charge in [0.15, 0.2) is 0 Å². The summed E-state index contributed by atoms with van der Waals surface area (Å²) in [6, 6.07) is 12.9. The van der Waals surface area contributed by atoms with Crippen molar-refractivity contribution in [2.24, 2.45) is 7.05 Å². The number of rotatable bonds is 5. The number of nitrogens with one attached hydrogen (secondary N) is 1. The van der Waals surface area contributed by atoms with Crippen LogP contribution in [-0.4, -0.2) is 34.8 Å². The number of ether oxygens (including phenoxy) is 1. The number of aryl methyl sites for hydroxylation is 1. The molecule has 33 heavy (non-hydrogen) atoms. The van der Waals surface area contributed by atoms with E-state index in [9.17, 15) is 14.7 Å². The molecule has 1 aromatic heterocycles. The quantitative estimate of drug-likeness (QED) is 0.529. The standard InChI is InChI=1S/C25H24Cl2N2O4/c1-29-19-9-8-18(26)21(27)17(19)12-20(29)22(30)28-25(13-33-14-25)16-6-4-15(5-7-16)24(23(31)32)10-2-3-11-24/h4-9,12H,2-3,10-11,13-14H2,1H3,(H,28,30)(H,31,32). The van der Waals surface area contributed by atoms with E-state index in [2.05, 4.69) is 5.32 Å². The number of hydrogen-bond acceptors (Lipinski definition) is 3. The van der Waals surface area contributed by atoms with Gasteiger partial charge < -0.3 is 19.7 Å². The van der Waals surface area contributed by atoms with Crippen LogP contribution in [0.2, 0.25) is 10.0 Å². The van der Waals surface area contributed by atoms with Crippen LogP contribution in [0.3, 0.4) is 0 Å². The summed E-state index contributed by atoms with van der Waals surface area (Å²) in [5.41, 5.74) is 1.51. The highest BCUT2D eigenvalue weighted by molar-refractivity contribution is 6.45. The third-order valence-electron chi connectivity index (χ3n) is 7.25. The van der Waals surface area contributed by atoms with E-state index in [-0.39, 0.29) is 5.91 Å². The molecular weight excluding hydrogens is 463 g/mol. The van der Waals surface area contributed by atoms with E-state index in [1.807, 2.05) is 37.4 Å². The van der Waals surface area contributed by atoms with Crippen LogP contribution >= 0.6 is 23.2 Å². The van der Waals surface area contributed by atoms with Gasteiger partial charge in [0.1, 0.15) is 11.2 Å². The number of carbonyl (C=O) groups is 2. The lowest BCUT2D eigenvalue weighted by Gasteiger charge is -2.42. The highest BCUT2D eigenvalue weighted by Crippen LogP contribution is 2.42. The molecule has 6 nitrogen and oxygen atoms in total. The summed E-state index contributed by atoms with van der Waals surface area (Å²) in [5.74, 6) is -1.01. The summed E-state index contributed by atoms with van der Waals surface area (Å²) in [6.07, 6.45) is 3.14. The average Bonchev–Trinajstić information content (AvgIpc) is 3.40. The number of carboxylic acid groups (broad SMARTS) is 1. The van der Waals surface area contributed by atoms with Crippen LogP contribution in [0.5, 0.6) is 0 Å². The monoisotopic (exact) mass is 486 g/mol. The average molecular weight is 487 g/mol. The minimum Gasteiger partial charge on any atom is -0.481 e. The molecule has 1 saturated carbocycles. The van der Waals surface area contributed by atoms with Gasteiger partial charge in [-0.2, -0.15) is 0 Å². The second kappa shape index (κ2) is 8.05. The number of fused-ring (bicyclic) bond motifs is 1. The van der Waals surface area contributed by atoms with Crippen LogP contribution in [0.4, 0.5) is 0 Å². The molecule has 0 atom stereocenters. The highest BCUT2D eigenvalue weighted by Gasteiger charge is 2.45. The lowest BCUT2D eigenvalue weighted by atomic mass is 9.77. The highest BCUT2D eigenvalue weighted by atomic mass is 35.5. The Bertz CT molecular complexity index is 1260. The zero-order valence-corrected chi connectivity index (χ0v) is 19.7. The van der Waals surface area contributed by atoms with Gasteiger partial charge in [0, 0.05) is 18.0 Å². The zero-order chi connectivity index (χ0) is 23.4. The minimum atomic E-state index is -0.811. The summed E-state index contributed by atoms with van der Waals surface area (Å²) < 4.78 is 7.28. The molecule has 0 unspecified atom stereocenters. The smallest absolute Gasteiger partial charge is 0.314 e. The molecule has 1 aliphatic heterocycles. The SMILES string of the molecule is Cn1c(C(=O)NC2(c3ccc(C4(C(=O)O)CCCC4)cc3)COC2)cc2c(Cl)c(Cl)ccc21. The van der Waals surface area contributed by atoms with Crippen molar-refractivity contribution < 1.29 is 19.4 Å². The second-order valence-electron chi connectivity index (χ2n) is 9.08. The second-order valence-corrected chi connectivity index (χ2v) is 9.87. The zero-order valence-electron chi connectivity index (χ0n) is 18.2. The molecule has 2 fully saturated rings. The molecular formula is C25H24Cl2N2O4. The molecule has 0 radical (unpaired) electrons. The number of halogens is 2. The molecule has 2 heterocycles. The third kappa shape index (κ3) is 3.43. The lowest BCUT2D eigenvalue weighted by Crippen LogP contribution is -2.59. The number of amides is 1. The molecule has 1 saturated heterocycles. The molecule has 172 valence electrons. The number of aromatic nitrogens is 1. The first-order valence-electron chi connectivity index (χ1n) is 11.0. The molecule has 2 N–H and O–H groups in total. The number of carbonyl (C=O) groups excluding carboxylic acids is 1. The van der Waals surface area contributed by atoms with Gasteiger partial charge >= 0.3 is 5.97 Å². The van der Waals surface area contributed by atoms with Crippen molar-refractivity contribution in [2.75, 3.05) is 13.2 Å². The Morgan fingerprint density at radius 2 is 1.67 bits per heavy atom. The largest absolute Gasteiger partial charge is 0.481 e. The molecule has 8 heteroatoms. The van der Waals surface area contributed by atoms with Crippen molar-refractivity contribution in [3.63, 3.8) is 0 Å². The normalized spacial score (nSPS) is 18.8. The van der Waals surface area contributed by atoms with Crippen LogP contribution in [-0.2, 0) is 27.5 Å². The van der Waals surface area contributed by atoms with Crippen molar-refractivity contribution in [3.8, 4) is 0 Å². The van der Waals surface area contributed by atoms with E-state index in [1.165, 1.54) is 0 Å². The van der Waals surface area contributed by atoms with Crippen LogP contribution in [0.25, 0.3) is 10.9 Å². The van der Waals surface area contributed by atoms with Crippen LogP contribution in [0.15, 0.2) is 42.5 Å². The Balaban J connectivity index is 1.44. The molecule has 0 spiro atoms. The molecule has 2 aromatic carbocycles. The third-order valence-corrected chi connectivity index (χ3v) is 8.07.